The van der Waals surface area contributed by atoms with Gasteiger partial charge in [-0.1, -0.05) is 29.8 Å². The lowest BCUT2D eigenvalue weighted by atomic mass is 9.99. The zero-order chi connectivity index (χ0) is 34.7. The number of halogens is 4. The third kappa shape index (κ3) is 8.03. The highest BCUT2D eigenvalue weighted by atomic mass is 35.5. The van der Waals surface area contributed by atoms with Gasteiger partial charge in [0.2, 0.25) is 0 Å². The summed E-state index contributed by atoms with van der Waals surface area (Å²) in [7, 11) is 1.36. The van der Waals surface area contributed by atoms with Gasteiger partial charge in [0.25, 0.3) is 5.91 Å². The molecule has 2 aromatic rings. The van der Waals surface area contributed by atoms with Crippen LogP contribution in [0.5, 0.6) is 0 Å². The molecule has 2 N–H and O–H groups in total. The zero-order valence-electron chi connectivity index (χ0n) is 27.7. The van der Waals surface area contributed by atoms with Gasteiger partial charge in [-0.3, -0.25) is 4.79 Å². The van der Waals surface area contributed by atoms with Gasteiger partial charge in [-0.2, -0.15) is 13.2 Å². The van der Waals surface area contributed by atoms with Gasteiger partial charge in [-0.25, -0.2) is 9.59 Å². The molecular formula is C35H44ClF3N6O4. The van der Waals surface area contributed by atoms with Crippen LogP contribution < -0.4 is 10.6 Å². The highest BCUT2D eigenvalue weighted by molar-refractivity contribution is 6.33. The van der Waals surface area contributed by atoms with E-state index >= 15 is 0 Å². The average Bonchev–Trinajstić information content (AvgIpc) is 3.58. The number of anilines is 2. The van der Waals surface area contributed by atoms with E-state index in [4.69, 9.17) is 16.3 Å². The van der Waals surface area contributed by atoms with Crippen LogP contribution in [0, 0.1) is 0 Å². The summed E-state index contributed by atoms with van der Waals surface area (Å²) in [5.41, 5.74) is 0.799. The van der Waals surface area contributed by atoms with Crippen LogP contribution in [0.2, 0.25) is 5.02 Å². The number of likely N-dealkylation sites (tertiary alicyclic amines) is 3. The molecule has 4 aliphatic rings. The number of benzene rings is 2. The highest BCUT2D eigenvalue weighted by Crippen LogP contribution is 2.40. The number of rotatable bonds is 7. The molecule has 1 atom stereocenters. The van der Waals surface area contributed by atoms with Crippen LogP contribution in [-0.4, -0.2) is 109 Å². The maximum atomic E-state index is 14.0. The first-order chi connectivity index (χ1) is 23.5. The largest absolute Gasteiger partial charge is 0.436 e. The second-order valence-electron chi connectivity index (χ2n) is 13.4. The number of carbonyl (C=O) groups is 3. The van der Waals surface area contributed by atoms with E-state index in [2.05, 4.69) is 15.5 Å². The Bertz CT molecular complexity index is 1520. The van der Waals surface area contributed by atoms with Crippen molar-refractivity contribution in [2.75, 3.05) is 63.5 Å². The summed E-state index contributed by atoms with van der Waals surface area (Å²) >= 11 is 6.27. The summed E-state index contributed by atoms with van der Waals surface area (Å²) in [5.74, 6) is -0.425. The van der Waals surface area contributed by atoms with Crippen molar-refractivity contribution in [2.24, 2.45) is 0 Å². The molecule has 2 aromatic carbocycles. The van der Waals surface area contributed by atoms with Crippen LogP contribution in [-0.2, 0) is 28.5 Å². The van der Waals surface area contributed by atoms with Crippen LogP contribution >= 0.6 is 11.6 Å². The van der Waals surface area contributed by atoms with E-state index in [0.717, 1.165) is 43.2 Å². The molecule has 266 valence electrons. The average molecular weight is 705 g/mol. The third-order valence-corrected chi connectivity index (χ3v) is 10.7. The number of ether oxygens (including phenoxy) is 1. The van der Waals surface area contributed by atoms with Crippen molar-refractivity contribution in [1.82, 2.24) is 19.6 Å². The lowest BCUT2D eigenvalue weighted by molar-refractivity contribution is -0.142. The van der Waals surface area contributed by atoms with Crippen LogP contribution in [0.4, 0.5) is 34.1 Å². The molecule has 0 radical (unpaired) electrons. The monoisotopic (exact) mass is 704 g/mol. The summed E-state index contributed by atoms with van der Waals surface area (Å²) in [6.07, 6.45) is -1.30. The summed E-state index contributed by atoms with van der Waals surface area (Å²) in [5, 5.41) is 5.37. The van der Waals surface area contributed by atoms with Gasteiger partial charge >= 0.3 is 18.3 Å². The lowest BCUT2D eigenvalue weighted by Crippen LogP contribution is -2.52. The Kier molecular flexibility index (Phi) is 10.8. The van der Waals surface area contributed by atoms with Crippen LogP contribution in [0.15, 0.2) is 36.4 Å². The van der Waals surface area contributed by atoms with Gasteiger partial charge < -0.3 is 35.0 Å². The quantitative estimate of drug-likeness (QED) is 0.362. The number of hydrogen-bond donors (Lipinski definition) is 2. The van der Waals surface area contributed by atoms with E-state index in [1.165, 1.54) is 30.9 Å². The molecule has 49 heavy (non-hydrogen) atoms. The maximum absolute atomic E-state index is 14.0. The molecule has 0 bridgehead atoms. The minimum atomic E-state index is -4.69. The molecule has 0 unspecified atom stereocenters. The van der Waals surface area contributed by atoms with Gasteiger partial charge in [0.05, 0.1) is 16.3 Å². The molecule has 4 amide bonds. The van der Waals surface area contributed by atoms with E-state index in [9.17, 15) is 27.6 Å². The Balaban J connectivity index is 1.14. The van der Waals surface area contributed by atoms with Crippen LogP contribution in [0.3, 0.4) is 0 Å². The van der Waals surface area contributed by atoms with Gasteiger partial charge in [0.1, 0.15) is 0 Å². The predicted octanol–water partition coefficient (Wildman–Crippen LogP) is 6.09. The Morgan fingerprint density at radius 2 is 1.61 bits per heavy atom. The normalized spacial score (nSPS) is 20.4. The molecule has 0 spiro atoms. The first kappa shape index (κ1) is 35.1. The van der Waals surface area contributed by atoms with Crippen molar-refractivity contribution in [3.63, 3.8) is 0 Å². The Labute approximate surface area is 289 Å². The molecular weight excluding hydrogens is 661 g/mol. The van der Waals surface area contributed by atoms with Crippen molar-refractivity contribution in [3.8, 4) is 0 Å². The number of alkyl halides is 3. The fourth-order valence-corrected chi connectivity index (χ4v) is 8.04. The Hall–Kier alpha value is -3.71. The summed E-state index contributed by atoms with van der Waals surface area (Å²) in [6.45, 7) is 4.24. The van der Waals surface area contributed by atoms with Crippen molar-refractivity contribution in [3.05, 3.63) is 58.1 Å². The lowest BCUT2D eigenvalue weighted by Gasteiger charge is -2.39. The molecule has 4 aliphatic heterocycles. The minimum absolute atomic E-state index is 0.0821. The van der Waals surface area contributed by atoms with Gasteiger partial charge in [0.15, 0.2) is 6.10 Å². The first-order valence-corrected chi connectivity index (χ1v) is 17.6. The Morgan fingerprint density at radius 3 is 2.29 bits per heavy atom. The molecule has 4 heterocycles. The van der Waals surface area contributed by atoms with Crippen LogP contribution in [0.25, 0.3) is 0 Å². The topological polar surface area (TPSA) is 97.5 Å². The second-order valence-corrected chi connectivity index (χ2v) is 13.8. The van der Waals surface area contributed by atoms with E-state index in [1.807, 2.05) is 29.2 Å². The Morgan fingerprint density at radius 1 is 0.959 bits per heavy atom. The van der Waals surface area contributed by atoms with Gasteiger partial charge in [-0.05, 0) is 87.4 Å². The molecule has 10 nitrogen and oxygen atoms in total. The fraction of sp³-hybridized carbons (Fsp3) is 0.571. The van der Waals surface area contributed by atoms with Crippen molar-refractivity contribution >= 4 is 41.0 Å². The van der Waals surface area contributed by atoms with E-state index in [1.54, 1.807) is 4.90 Å². The third-order valence-electron chi connectivity index (χ3n) is 10.4. The van der Waals surface area contributed by atoms with Crippen molar-refractivity contribution in [2.45, 2.75) is 75.7 Å². The summed E-state index contributed by atoms with van der Waals surface area (Å²) in [6, 6.07) is 10.2. The number of carbonyl (C=O) groups excluding carboxylic acids is 3. The molecule has 3 saturated heterocycles. The van der Waals surface area contributed by atoms with E-state index < -0.39 is 29.8 Å². The smallest absolute Gasteiger partial charge is 0.418 e. The summed E-state index contributed by atoms with van der Waals surface area (Å²) < 4.78 is 47.8. The van der Waals surface area contributed by atoms with Gasteiger partial charge in [-0.15, -0.1) is 0 Å². The number of fused-ring (bicyclic) bond motifs is 1. The standard InChI is InChI=1S/C35H44ClF3N6O4/c1-40-31-27(35(37,38)39)20-23(21-28(31)36)22-30(32(46)43-15-9-25(10-16-43)42-13-4-5-14-42)49-34(48)44-17-11-26(12-18-44)45-19-8-24-6-2-3-7-29(24)41-33(45)47/h2-3,6-7,20-21,25-26,30,40H,4-5,8-19,22H2,1H3,(H,41,47)/t30-/m1/s1. The number of nitrogens with one attached hydrogen (secondary N) is 2. The van der Waals surface area contributed by atoms with E-state index in [-0.39, 0.29) is 34.8 Å². The minimum Gasteiger partial charge on any atom is -0.436 e. The number of hydrogen-bond acceptors (Lipinski definition) is 6. The SMILES string of the molecule is CNc1c(Cl)cc(C[C@@H](OC(=O)N2CCC(N3CCc4ccccc4NC3=O)CC2)C(=O)N2CCC(N3CCCC3)CC2)cc1C(F)(F)F. The van der Waals surface area contributed by atoms with Gasteiger partial charge in [0, 0.05) is 64.0 Å². The molecule has 0 saturated carbocycles. The number of urea groups is 1. The number of amides is 4. The maximum Gasteiger partial charge on any atom is 0.418 e. The molecule has 3 fully saturated rings. The zero-order valence-corrected chi connectivity index (χ0v) is 28.5. The summed E-state index contributed by atoms with van der Waals surface area (Å²) in [4.78, 5) is 48.1. The molecule has 6 rings (SSSR count). The van der Waals surface area contributed by atoms with Crippen molar-refractivity contribution in [1.29, 1.82) is 0 Å². The molecule has 0 aromatic heterocycles. The number of piperidine rings is 2. The predicted molar refractivity (Wildman–Crippen MR) is 181 cm³/mol. The number of nitrogens with zero attached hydrogens (tertiary/aromatic N) is 4. The number of para-hydroxylation sites is 1. The van der Waals surface area contributed by atoms with E-state index in [0.29, 0.717) is 58.0 Å². The molecule has 0 aliphatic carbocycles. The molecule has 14 heteroatoms. The highest BCUT2D eigenvalue weighted by Gasteiger charge is 2.38. The fourth-order valence-electron chi connectivity index (χ4n) is 7.71. The first-order valence-electron chi connectivity index (χ1n) is 17.2. The van der Waals surface area contributed by atoms with Crippen molar-refractivity contribution < 1.29 is 32.3 Å². The van der Waals surface area contributed by atoms with Crippen LogP contribution in [0.1, 0.15) is 55.2 Å². The second kappa shape index (κ2) is 15.0.